The zero-order valence-electron chi connectivity index (χ0n) is 12.3. The minimum absolute atomic E-state index is 0.0861. The van der Waals surface area contributed by atoms with E-state index in [9.17, 15) is 0 Å². The van der Waals surface area contributed by atoms with Crippen molar-refractivity contribution in [1.29, 1.82) is 0 Å². The van der Waals surface area contributed by atoms with Gasteiger partial charge >= 0.3 is 0 Å². The lowest BCUT2D eigenvalue weighted by Gasteiger charge is -2.13. The fourth-order valence-corrected chi connectivity index (χ4v) is 2.84. The molecule has 0 aliphatic carbocycles. The van der Waals surface area contributed by atoms with Crippen LogP contribution in [0.5, 0.6) is 0 Å². The number of hydrogen-bond acceptors (Lipinski definition) is 4. The van der Waals surface area contributed by atoms with Gasteiger partial charge in [-0.1, -0.05) is 17.7 Å². The highest BCUT2D eigenvalue weighted by atomic mass is 32.2. The van der Waals surface area contributed by atoms with E-state index in [1.54, 1.807) is 18.1 Å². The fourth-order valence-electron chi connectivity index (χ4n) is 1.98. The van der Waals surface area contributed by atoms with Gasteiger partial charge in [-0.25, -0.2) is 9.67 Å². The molecule has 20 heavy (non-hydrogen) atoms. The van der Waals surface area contributed by atoms with Crippen molar-refractivity contribution in [1.82, 2.24) is 14.8 Å². The fraction of sp³-hybridized carbons (Fsp3) is 0.467. The maximum Gasteiger partial charge on any atom is 0.138 e. The van der Waals surface area contributed by atoms with E-state index >= 15 is 0 Å². The van der Waals surface area contributed by atoms with E-state index in [0.29, 0.717) is 6.04 Å². The highest BCUT2D eigenvalue weighted by Crippen LogP contribution is 2.19. The number of aromatic nitrogens is 3. The quantitative estimate of drug-likeness (QED) is 0.831. The van der Waals surface area contributed by atoms with Crippen molar-refractivity contribution in [2.45, 2.75) is 44.2 Å². The lowest BCUT2D eigenvalue weighted by molar-refractivity contribution is 0.496. The molecule has 1 aromatic carbocycles. The first-order chi connectivity index (χ1) is 9.56. The van der Waals surface area contributed by atoms with E-state index in [1.165, 1.54) is 10.5 Å². The van der Waals surface area contributed by atoms with Crippen molar-refractivity contribution in [3.8, 4) is 0 Å². The number of rotatable bonds is 6. The average molecular weight is 290 g/mol. The molecule has 0 amide bonds. The van der Waals surface area contributed by atoms with Crippen LogP contribution in [0.15, 0.2) is 35.5 Å². The zero-order valence-corrected chi connectivity index (χ0v) is 13.1. The number of thioether (sulfide) groups is 1. The van der Waals surface area contributed by atoms with Crippen molar-refractivity contribution < 1.29 is 0 Å². The third-order valence-corrected chi connectivity index (χ3v) is 4.27. The highest BCUT2D eigenvalue weighted by molar-refractivity contribution is 7.99. The molecule has 4 nitrogen and oxygen atoms in total. The van der Waals surface area contributed by atoms with Crippen LogP contribution in [0, 0.1) is 6.92 Å². The van der Waals surface area contributed by atoms with E-state index in [4.69, 9.17) is 5.73 Å². The van der Waals surface area contributed by atoms with E-state index < -0.39 is 0 Å². The van der Waals surface area contributed by atoms with Gasteiger partial charge in [-0.3, -0.25) is 0 Å². The van der Waals surface area contributed by atoms with Gasteiger partial charge in [-0.05, 0) is 32.9 Å². The predicted octanol–water partition coefficient (Wildman–Crippen LogP) is 2.83. The Morgan fingerprint density at radius 3 is 2.60 bits per heavy atom. The van der Waals surface area contributed by atoms with Gasteiger partial charge in [0, 0.05) is 29.2 Å². The second kappa shape index (κ2) is 6.90. The molecule has 0 bridgehead atoms. The molecule has 0 spiro atoms. The Bertz CT molecular complexity index is 533. The maximum absolute atomic E-state index is 6.21. The Kier molecular flexibility index (Phi) is 5.20. The zero-order chi connectivity index (χ0) is 14.5. The summed E-state index contributed by atoms with van der Waals surface area (Å²) >= 11 is 1.79. The Labute approximate surface area is 124 Å². The minimum atomic E-state index is 0.0861. The third kappa shape index (κ3) is 4.08. The van der Waals surface area contributed by atoms with Crippen LogP contribution in [0.25, 0.3) is 0 Å². The van der Waals surface area contributed by atoms with Gasteiger partial charge in [-0.15, -0.1) is 11.8 Å². The molecule has 0 fully saturated rings. The van der Waals surface area contributed by atoms with Crippen LogP contribution in [-0.4, -0.2) is 26.6 Å². The molecular weight excluding hydrogens is 268 g/mol. The number of nitrogens with two attached hydrogens (primary N) is 1. The average Bonchev–Trinajstić information content (AvgIpc) is 2.86. The van der Waals surface area contributed by atoms with E-state index in [1.807, 2.05) is 4.68 Å². The van der Waals surface area contributed by atoms with Crippen molar-refractivity contribution >= 4 is 11.8 Å². The normalized spacial score (nSPS) is 12.8. The van der Waals surface area contributed by atoms with Crippen LogP contribution in [-0.2, 0) is 6.42 Å². The second-order valence-electron chi connectivity index (χ2n) is 5.30. The summed E-state index contributed by atoms with van der Waals surface area (Å²) in [6, 6.07) is 8.95. The molecule has 0 aliphatic rings. The monoisotopic (exact) mass is 290 g/mol. The molecule has 0 saturated carbocycles. The summed E-state index contributed by atoms with van der Waals surface area (Å²) in [5.74, 6) is 1.85. The largest absolute Gasteiger partial charge is 0.327 e. The molecule has 2 rings (SSSR count). The molecule has 0 radical (unpaired) electrons. The summed E-state index contributed by atoms with van der Waals surface area (Å²) in [7, 11) is 0. The van der Waals surface area contributed by atoms with E-state index in [2.05, 4.69) is 55.1 Å². The molecule has 1 aromatic heterocycles. The first kappa shape index (κ1) is 15.1. The standard InChI is InChI=1S/C15H22N4S/c1-11(2)19-15(17-10-18-19)8-13(16)9-20-14-6-4-12(3)5-7-14/h4-7,10-11,13H,8-9,16H2,1-3H3. The molecule has 2 N–H and O–H groups in total. The highest BCUT2D eigenvalue weighted by Gasteiger charge is 2.12. The Balaban J connectivity index is 1.87. The van der Waals surface area contributed by atoms with Gasteiger partial charge < -0.3 is 5.73 Å². The molecule has 108 valence electrons. The van der Waals surface area contributed by atoms with Crippen molar-refractivity contribution in [3.05, 3.63) is 42.0 Å². The molecule has 1 atom stereocenters. The van der Waals surface area contributed by atoms with Gasteiger partial charge in [0.2, 0.25) is 0 Å². The first-order valence-corrected chi connectivity index (χ1v) is 7.88. The number of benzene rings is 1. The molecule has 2 aromatic rings. The van der Waals surface area contributed by atoms with Gasteiger partial charge in [-0.2, -0.15) is 5.10 Å². The third-order valence-electron chi connectivity index (χ3n) is 3.07. The summed E-state index contributed by atoms with van der Waals surface area (Å²) in [5.41, 5.74) is 7.49. The van der Waals surface area contributed by atoms with Gasteiger partial charge in [0.05, 0.1) is 0 Å². The molecule has 0 aliphatic heterocycles. The number of nitrogens with zero attached hydrogens (tertiary/aromatic N) is 3. The van der Waals surface area contributed by atoms with Crippen molar-refractivity contribution in [2.75, 3.05) is 5.75 Å². The van der Waals surface area contributed by atoms with Crippen LogP contribution >= 0.6 is 11.8 Å². The smallest absolute Gasteiger partial charge is 0.138 e. The van der Waals surface area contributed by atoms with Crippen LogP contribution in [0.4, 0.5) is 0 Å². The summed E-state index contributed by atoms with van der Waals surface area (Å²) < 4.78 is 1.94. The minimum Gasteiger partial charge on any atom is -0.327 e. The molecule has 5 heteroatoms. The summed E-state index contributed by atoms with van der Waals surface area (Å²) in [6.45, 7) is 6.30. The lowest BCUT2D eigenvalue weighted by Crippen LogP contribution is -2.27. The number of hydrogen-bond donors (Lipinski definition) is 1. The van der Waals surface area contributed by atoms with Crippen LogP contribution in [0.3, 0.4) is 0 Å². The van der Waals surface area contributed by atoms with Gasteiger partial charge in [0.15, 0.2) is 0 Å². The van der Waals surface area contributed by atoms with Gasteiger partial charge in [0.1, 0.15) is 12.2 Å². The van der Waals surface area contributed by atoms with E-state index in [0.717, 1.165) is 18.0 Å². The second-order valence-corrected chi connectivity index (χ2v) is 6.40. The molecular formula is C15H22N4S. The summed E-state index contributed by atoms with van der Waals surface area (Å²) in [4.78, 5) is 5.57. The van der Waals surface area contributed by atoms with Crippen molar-refractivity contribution in [3.63, 3.8) is 0 Å². The van der Waals surface area contributed by atoms with Crippen LogP contribution < -0.4 is 5.73 Å². The SMILES string of the molecule is Cc1ccc(SCC(N)Cc2ncnn2C(C)C)cc1. The van der Waals surface area contributed by atoms with Crippen molar-refractivity contribution in [2.24, 2.45) is 5.73 Å². The first-order valence-electron chi connectivity index (χ1n) is 6.89. The summed E-state index contributed by atoms with van der Waals surface area (Å²) in [5, 5.41) is 4.24. The number of aryl methyl sites for hydroxylation is 1. The van der Waals surface area contributed by atoms with Crippen LogP contribution in [0.1, 0.15) is 31.3 Å². The molecule has 1 heterocycles. The predicted molar refractivity (Wildman–Crippen MR) is 84.0 cm³/mol. The van der Waals surface area contributed by atoms with E-state index in [-0.39, 0.29) is 6.04 Å². The Morgan fingerprint density at radius 2 is 1.95 bits per heavy atom. The van der Waals surface area contributed by atoms with Gasteiger partial charge in [0.25, 0.3) is 0 Å². The topological polar surface area (TPSA) is 56.7 Å². The molecule has 0 saturated heterocycles. The lowest BCUT2D eigenvalue weighted by atomic mass is 10.2. The Hall–Kier alpha value is -1.33. The summed E-state index contributed by atoms with van der Waals surface area (Å²) in [6.07, 6.45) is 2.37. The molecule has 1 unspecified atom stereocenters. The maximum atomic E-state index is 6.21. The van der Waals surface area contributed by atoms with Crippen LogP contribution in [0.2, 0.25) is 0 Å². The Morgan fingerprint density at radius 1 is 1.25 bits per heavy atom.